The molecule has 2 aliphatic rings. The van der Waals surface area contributed by atoms with Crippen LogP contribution in [0.4, 0.5) is 0 Å². The quantitative estimate of drug-likeness (QED) is 0.845. The van der Waals surface area contributed by atoms with Crippen molar-refractivity contribution in [1.82, 2.24) is 10.2 Å². The summed E-state index contributed by atoms with van der Waals surface area (Å²) in [5, 5.41) is 3.09. The summed E-state index contributed by atoms with van der Waals surface area (Å²) in [5.74, 6) is 0.798. The van der Waals surface area contributed by atoms with Gasteiger partial charge in [-0.15, -0.1) is 0 Å². The van der Waals surface area contributed by atoms with Gasteiger partial charge in [0.1, 0.15) is 6.61 Å². The third-order valence-corrected chi connectivity index (χ3v) is 4.33. The minimum Gasteiger partial charge on any atom is -0.368 e. The molecule has 0 spiro atoms. The molecule has 0 bridgehead atoms. The summed E-state index contributed by atoms with van der Waals surface area (Å²) >= 11 is 0. The van der Waals surface area contributed by atoms with Gasteiger partial charge in [-0.3, -0.25) is 4.79 Å². The topological polar surface area (TPSA) is 41.6 Å². The van der Waals surface area contributed by atoms with Gasteiger partial charge in [0, 0.05) is 12.6 Å². The standard InChI is InChI=1S/C15H28N2O2/c1-12-5-3-7-14(9-12)19-11-15(18)16-13-6-4-8-17(2)10-13/h12-14H,3-11H2,1-2H3,(H,16,18). The molecule has 2 rings (SSSR count). The molecule has 0 aromatic rings. The summed E-state index contributed by atoms with van der Waals surface area (Å²) in [4.78, 5) is 14.2. The maximum absolute atomic E-state index is 11.9. The van der Waals surface area contributed by atoms with E-state index in [1.807, 2.05) is 0 Å². The molecule has 4 heteroatoms. The maximum atomic E-state index is 11.9. The van der Waals surface area contributed by atoms with E-state index in [9.17, 15) is 4.79 Å². The molecule has 19 heavy (non-hydrogen) atoms. The number of ether oxygens (including phenoxy) is 1. The zero-order valence-electron chi connectivity index (χ0n) is 12.4. The predicted octanol–water partition coefficient (Wildman–Crippen LogP) is 1.79. The predicted molar refractivity (Wildman–Crippen MR) is 76.0 cm³/mol. The van der Waals surface area contributed by atoms with Gasteiger partial charge in [0.15, 0.2) is 0 Å². The van der Waals surface area contributed by atoms with Crippen LogP contribution in [0.5, 0.6) is 0 Å². The van der Waals surface area contributed by atoms with Gasteiger partial charge >= 0.3 is 0 Å². The lowest BCUT2D eigenvalue weighted by Crippen LogP contribution is -2.47. The smallest absolute Gasteiger partial charge is 0.246 e. The van der Waals surface area contributed by atoms with Crippen LogP contribution < -0.4 is 5.32 Å². The fourth-order valence-corrected chi connectivity index (χ4v) is 3.28. The molecule has 0 radical (unpaired) electrons. The Balaban J connectivity index is 1.63. The van der Waals surface area contributed by atoms with Gasteiger partial charge < -0.3 is 15.0 Å². The van der Waals surface area contributed by atoms with E-state index in [1.54, 1.807) is 0 Å². The molecular formula is C15H28N2O2. The maximum Gasteiger partial charge on any atom is 0.246 e. The first kappa shape index (κ1) is 14.8. The van der Waals surface area contributed by atoms with E-state index in [0.717, 1.165) is 38.3 Å². The second-order valence-corrected chi connectivity index (χ2v) is 6.37. The van der Waals surface area contributed by atoms with Crippen molar-refractivity contribution < 1.29 is 9.53 Å². The number of hydrogen-bond donors (Lipinski definition) is 1. The summed E-state index contributed by atoms with van der Waals surface area (Å²) < 4.78 is 5.76. The van der Waals surface area contributed by atoms with E-state index in [-0.39, 0.29) is 12.5 Å². The average Bonchev–Trinajstić information content (AvgIpc) is 2.36. The molecule has 3 unspecified atom stereocenters. The Morgan fingerprint density at radius 1 is 1.32 bits per heavy atom. The van der Waals surface area contributed by atoms with Crippen LogP contribution in [-0.4, -0.2) is 49.7 Å². The number of amides is 1. The summed E-state index contributed by atoms with van der Waals surface area (Å²) in [5.41, 5.74) is 0. The van der Waals surface area contributed by atoms with Crippen molar-refractivity contribution in [2.75, 3.05) is 26.7 Å². The second-order valence-electron chi connectivity index (χ2n) is 6.37. The molecule has 1 amide bonds. The number of carbonyl (C=O) groups is 1. The van der Waals surface area contributed by atoms with Gasteiger partial charge in [-0.2, -0.15) is 0 Å². The van der Waals surface area contributed by atoms with Crippen molar-refractivity contribution in [3.63, 3.8) is 0 Å². The molecule has 1 saturated heterocycles. The van der Waals surface area contributed by atoms with Crippen LogP contribution in [0.25, 0.3) is 0 Å². The van der Waals surface area contributed by atoms with Gasteiger partial charge in [0.05, 0.1) is 6.10 Å². The van der Waals surface area contributed by atoms with E-state index in [4.69, 9.17) is 4.74 Å². The molecule has 1 heterocycles. The molecular weight excluding hydrogens is 240 g/mol. The largest absolute Gasteiger partial charge is 0.368 e. The Morgan fingerprint density at radius 2 is 2.16 bits per heavy atom. The number of likely N-dealkylation sites (tertiary alicyclic amines) is 1. The molecule has 1 N–H and O–H groups in total. The number of nitrogens with one attached hydrogen (secondary N) is 1. The Hall–Kier alpha value is -0.610. The number of hydrogen-bond acceptors (Lipinski definition) is 3. The van der Waals surface area contributed by atoms with Crippen molar-refractivity contribution in [1.29, 1.82) is 0 Å². The lowest BCUT2D eigenvalue weighted by atomic mass is 9.89. The van der Waals surface area contributed by atoms with Gasteiger partial charge in [0.25, 0.3) is 0 Å². The molecule has 110 valence electrons. The van der Waals surface area contributed by atoms with E-state index in [2.05, 4.69) is 24.2 Å². The summed E-state index contributed by atoms with van der Waals surface area (Å²) in [7, 11) is 2.11. The normalized spacial score (nSPS) is 33.1. The number of likely N-dealkylation sites (N-methyl/N-ethyl adjacent to an activating group) is 1. The fraction of sp³-hybridized carbons (Fsp3) is 0.933. The Morgan fingerprint density at radius 3 is 2.89 bits per heavy atom. The highest BCUT2D eigenvalue weighted by molar-refractivity contribution is 5.77. The number of rotatable bonds is 4. The third-order valence-electron chi connectivity index (χ3n) is 4.33. The minimum absolute atomic E-state index is 0.0542. The van der Waals surface area contributed by atoms with Crippen molar-refractivity contribution in [3.05, 3.63) is 0 Å². The summed E-state index contributed by atoms with van der Waals surface area (Å²) in [6.45, 7) is 4.61. The monoisotopic (exact) mass is 268 g/mol. The van der Waals surface area contributed by atoms with E-state index >= 15 is 0 Å². The van der Waals surface area contributed by atoms with Crippen molar-refractivity contribution in [2.24, 2.45) is 5.92 Å². The number of carbonyl (C=O) groups excluding carboxylic acids is 1. The molecule has 0 aromatic carbocycles. The van der Waals surface area contributed by atoms with Crippen LogP contribution in [0.1, 0.15) is 45.4 Å². The Labute approximate surface area is 116 Å². The van der Waals surface area contributed by atoms with Crippen LogP contribution >= 0.6 is 0 Å². The fourth-order valence-electron chi connectivity index (χ4n) is 3.28. The average molecular weight is 268 g/mol. The Kier molecular flexibility index (Phi) is 5.64. The first-order valence-corrected chi connectivity index (χ1v) is 7.73. The summed E-state index contributed by atoms with van der Waals surface area (Å²) in [6.07, 6.45) is 7.33. The van der Waals surface area contributed by atoms with Crippen molar-refractivity contribution >= 4 is 5.91 Å². The first-order chi connectivity index (χ1) is 9.13. The Bertz CT molecular complexity index is 296. The number of piperidine rings is 1. The molecule has 1 aliphatic heterocycles. The highest BCUT2D eigenvalue weighted by Crippen LogP contribution is 2.25. The lowest BCUT2D eigenvalue weighted by Gasteiger charge is -2.30. The van der Waals surface area contributed by atoms with Crippen LogP contribution in [0.15, 0.2) is 0 Å². The lowest BCUT2D eigenvalue weighted by molar-refractivity contribution is -0.129. The van der Waals surface area contributed by atoms with Gasteiger partial charge in [-0.25, -0.2) is 0 Å². The highest BCUT2D eigenvalue weighted by atomic mass is 16.5. The number of nitrogens with zero attached hydrogens (tertiary/aromatic N) is 1. The van der Waals surface area contributed by atoms with Crippen LogP contribution in [0.3, 0.4) is 0 Å². The SMILES string of the molecule is CC1CCCC(OCC(=O)NC2CCCN(C)C2)C1. The molecule has 3 atom stereocenters. The zero-order valence-corrected chi connectivity index (χ0v) is 12.4. The van der Waals surface area contributed by atoms with Crippen LogP contribution in [0.2, 0.25) is 0 Å². The minimum atomic E-state index is 0.0542. The molecule has 0 aromatic heterocycles. The second kappa shape index (κ2) is 7.25. The molecule has 1 saturated carbocycles. The van der Waals surface area contributed by atoms with Crippen molar-refractivity contribution in [3.8, 4) is 0 Å². The molecule has 2 fully saturated rings. The first-order valence-electron chi connectivity index (χ1n) is 7.73. The van der Waals surface area contributed by atoms with E-state index in [1.165, 1.54) is 19.3 Å². The van der Waals surface area contributed by atoms with Gasteiger partial charge in [0.2, 0.25) is 5.91 Å². The van der Waals surface area contributed by atoms with Crippen molar-refractivity contribution in [2.45, 2.75) is 57.6 Å². The van der Waals surface area contributed by atoms with E-state index in [0.29, 0.717) is 12.1 Å². The van der Waals surface area contributed by atoms with Crippen LogP contribution in [-0.2, 0) is 9.53 Å². The van der Waals surface area contributed by atoms with Gasteiger partial charge in [-0.1, -0.05) is 19.8 Å². The zero-order chi connectivity index (χ0) is 13.7. The molecule has 1 aliphatic carbocycles. The van der Waals surface area contributed by atoms with E-state index < -0.39 is 0 Å². The summed E-state index contributed by atoms with van der Waals surface area (Å²) in [6, 6.07) is 0.306. The van der Waals surface area contributed by atoms with Crippen LogP contribution in [0, 0.1) is 5.92 Å². The molecule has 4 nitrogen and oxygen atoms in total. The van der Waals surface area contributed by atoms with Gasteiger partial charge in [-0.05, 0) is 45.2 Å². The highest BCUT2D eigenvalue weighted by Gasteiger charge is 2.22. The third kappa shape index (κ3) is 5.11.